The molecule has 0 radical (unpaired) electrons. The summed E-state index contributed by atoms with van der Waals surface area (Å²) in [6, 6.07) is 13.2. The molecule has 3 fully saturated rings. The summed E-state index contributed by atoms with van der Waals surface area (Å²) in [4.78, 5) is 39.6. The fourth-order valence-corrected chi connectivity index (χ4v) is 5.35. The molecule has 2 saturated carbocycles. The first-order valence-corrected chi connectivity index (χ1v) is 9.87. The molecule has 1 aliphatic heterocycles. The molecule has 2 aromatic carbocycles. The molecule has 6 heteroatoms. The second-order valence-corrected chi connectivity index (χ2v) is 8.17. The van der Waals surface area contributed by atoms with E-state index in [2.05, 4.69) is 0 Å². The van der Waals surface area contributed by atoms with Crippen molar-refractivity contribution in [2.75, 3.05) is 4.90 Å². The standard InChI is InChI=1S/C22H18ClNO4/c23-17-7-2-1-6-16(17)22(27)28-15-5-3-4-14(11-15)24-20(25)18-12-8-9-13(10-12)19(18)21(24)26/h1-7,11-13,18-19H,8-10H2/t12-,13-,18-,19+/m1/s1. The van der Waals surface area contributed by atoms with Crippen LogP contribution in [0.2, 0.25) is 5.02 Å². The van der Waals surface area contributed by atoms with Crippen LogP contribution in [-0.4, -0.2) is 17.8 Å². The van der Waals surface area contributed by atoms with E-state index in [1.807, 2.05) is 0 Å². The highest BCUT2D eigenvalue weighted by Gasteiger charge is 2.61. The van der Waals surface area contributed by atoms with Gasteiger partial charge in [-0.1, -0.05) is 29.8 Å². The SMILES string of the molecule is O=C(Oc1cccc(N2C(=O)[C@@H]3[C@@H]4CC[C@H](C4)[C@@H]3C2=O)c1)c1ccccc1Cl. The quantitative estimate of drug-likeness (QED) is 0.446. The van der Waals surface area contributed by atoms with Crippen LogP contribution in [0.3, 0.4) is 0 Å². The van der Waals surface area contributed by atoms with E-state index in [9.17, 15) is 14.4 Å². The number of amides is 2. The highest BCUT2D eigenvalue weighted by Crippen LogP contribution is 2.56. The zero-order chi connectivity index (χ0) is 19.4. The number of benzene rings is 2. The van der Waals surface area contributed by atoms with Crippen molar-refractivity contribution in [1.82, 2.24) is 0 Å². The van der Waals surface area contributed by atoms with E-state index >= 15 is 0 Å². The number of hydrogen-bond donors (Lipinski definition) is 0. The fourth-order valence-electron chi connectivity index (χ4n) is 5.14. The van der Waals surface area contributed by atoms with Gasteiger partial charge in [0.05, 0.1) is 28.1 Å². The summed E-state index contributed by atoms with van der Waals surface area (Å²) >= 11 is 6.05. The highest BCUT2D eigenvalue weighted by atomic mass is 35.5. The van der Waals surface area contributed by atoms with E-state index in [0.717, 1.165) is 19.3 Å². The molecule has 2 bridgehead atoms. The summed E-state index contributed by atoms with van der Waals surface area (Å²) in [5, 5.41) is 0.303. The molecule has 5 nitrogen and oxygen atoms in total. The number of esters is 1. The predicted molar refractivity (Wildman–Crippen MR) is 103 cm³/mol. The first kappa shape index (κ1) is 17.4. The third kappa shape index (κ3) is 2.57. The van der Waals surface area contributed by atoms with Crippen molar-refractivity contribution in [1.29, 1.82) is 0 Å². The van der Waals surface area contributed by atoms with Gasteiger partial charge in [0.25, 0.3) is 0 Å². The first-order valence-electron chi connectivity index (χ1n) is 9.49. The van der Waals surface area contributed by atoms with Gasteiger partial charge in [0.1, 0.15) is 5.75 Å². The van der Waals surface area contributed by atoms with E-state index in [1.54, 1.807) is 48.5 Å². The predicted octanol–water partition coefficient (Wildman–Crippen LogP) is 4.09. The summed E-state index contributed by atoms with van der Waals surface area (Å²) in [6.07, 6.45) is 3.07. The van der Waals surface area contributed by atoms with Crippen LogP contribution in [0.15, 0.2) is 48.5 Å². The van der Waals surface area contributed by atoms with Gasteiger partial charge in [-0.05, 0) is 55.4 Å². The topological polar surface area (TPSA) is 63.7 Å². The van der Waals surface area contributed by atoms with E-state index in [-0.39, 0.29) is 35.0 Å². The molecule has 142 valence electrons. The van der Waals surface area contributed by atoms with Crippen LogP contribution in [0.5, 0.6) is 5.75 Å². The Hall–Kier alpha value is -2.66. The van der Waals surface area contributed by atoms with E-state index in [4.69, 9.17) is 16.3 Å². The Labute approximate surface area is 167 Å². The molecule has 0 spiro atoms. The molecular formula is C22H18ClNO4. The lowest BCUT2D eigenvalue weighted by Crippen LogP contribution is -2.32. The molecule has 2 aliphatic carbocycles. The smallest absolute Gasteiger partial charge is 0.345 e. The van der Waals surface area contributed by atoms with Crippen LogP contribution >= 0.6 is 11.6 Å². The van der Waals surface area contributed by atoms with Crippen molar-refractivity contribution in [2.24, 2.45) is 23.7 Å². The van der Waals surface area contributed by atoms with Crippen LogP contribution in [0, 0.1) is 23.7 Å². The average molecular weight is 396 g/mol. The van der Waals surface area contributed by atoms with Crippen molar-refractivity contribution in [3.8, 4) is 5.75 Å². The van der Waals surface area contributed by atoms with Crippen LogP contribution in [0.1, 0.15) is 29.6 Å². The minimum atomic E-state index is -0.586. The van der Waals surface area contributed by atoms with Crippen molar-refractivity contribution in [2.45, 2.75) is 19.3 Å². The Bertz CT molecular complexity index is 976. The van der Waals surface area contributed by atoms with Crippen molar-refractivity contribution >= 4 is 35.1 Å². The largest absolute Gasteiger partial charge is 0.423 e. The number of anilines is 1. The van der Waals surface area contributed by atoms with E-state index in [0.29, 0.717) is 22.5 Å². The number of ether oxygens (including phenoxy) is 1. The lowest BCUT2D eigenvalue weighted by atomic mass is 9.81. The van der Waals surface area contributed by atoms with Gasteiger partial charge in [-0.15, -0.1) is 0 Å². The third-order valence-corrected chi connectivity index (χ3v) is 6.64. The van der Waals surface area contributed by atoms with Gasteiger partial charge in [0.15, 0.2) is 0 Å². The summed E-state index contributed by atoms with van der Waals surface area (Å²) in [7, 11) is 0. The van der Waals surface area contributed by atoms with Crippen LogP contribution in [0.4, 0.5) is 5.69 Å². The number of rotatable bonds is 3. The molecule has 1 heterocycles. The van der Waals surface area contributed by atoms with Gasteiger partial charge in [-0.2, -0.15) is 0 Å². The van der Waals surface area contributed by atoms with Gasteiger partial charge in [0, 0.05) is 6.07 Å². The number of imide groups is 1. The second-order valence-electron chi connectivity index (χ2n) is 7.76. The number of carbonyl (C=O) groups is 3. The lowest BCUT2D eigenvalue weighted by Gasteiger charge is -2.19. The zero-order valence-corrected chi connectivity index (χ0v) is 15.8. The number of carbonyl (C=O) groups excluding carboxylic acids is 3. The van der Waals surface area contributed by atoms with Crippen LogP contribution in [-0.2, 0) is 9.59 Å². The van der Waals surface area contributed by atoms with Gasteiger partial charge in [0.2, 0.25) is 11.8 Å². The number of nitrogens with zero attached hydrogens (tertiary/aromatic N) is 1. The van der Waals surface area contributed by atoms with Crippen LogP contribution in [0.25, 0.3) is 0 Å². The first-order chi connectivity index (χ1) is 13.5. The second kappa shape index (κ2) is 6.45. The van der Waals surface area contributed by atoms with E-state index in [1.165, 1.54) is 4.90 Å². The maximum Gasteiger partial charge on any atom is 0.345 e. The van der Waals surface area contributed by atoms with Gasteiger partial charge in [-0.3, -0.25) is 9.59 Å². The lowest BCUT2D eigenvalue weighted by molar-refractivity contribution is -0.123. The Morgan fingerprint density at radius 1 is 0.964 bits per heavy atom. The summed E-state index contributed by atoms with van der Waals surface area (Å²) in [6.45, 7) is 0. The molecule has 4 atom stereocenters. The normalized spacial score (nSPS) is 28.0. The zero-order valence-electron chi connectivity index (χ0n) is 15.0. The van der Waals surface area contributed by atoms with Crippen molar-refractivity contribution in [3.05, 3.63) is 59.1 Å². The van der Waals surface area contributed by atoms with Crippen molar-refractivity contribution < 1.29 is 19.1 Å². The highest BCUT2D eigenvalue weighted by molar-refractivity contribution is 6.33. The Morgan fingerprint density at radius 3 is 2.32 bits per heavy atom. The molecule has 5 rings (SSSR count). The Morgan fingerprint density at radius 2 is 1.64 bits per heavy atom. The molecular weight excluding hydrogens is 378 g/mol. The molecule has 28 heavy (non-hydrogen) atoms. The molecule has 1 saturated heterocycles. The Kier molecular flexibility index (Phi) is 4.02. The fraction of sp³-hybridized carbons (Fsp3) is 0.318. The monoisotopic (exact) mass is 395 g/mol. The van der Waals surface area contributed by atoms with E-state index < -0.39 is 5.97 Å². The Balaban J connectivity index is 1.41. The average Bonchev–Trinajstić information content (AvgIpc) is 3.36. The molecule has 2 aromatic rings. The molecule has 0 unspecified atom stereocenters. The molecule has 0 aromatic heterocycles. The molecule has 3 aliphatic rings. The van der Waals surface area contributed by atoms with Gasteiger partial charge < -0.3 is 4.74 Å². The van der Waals surface area contributed by atoms with Gasteiger partial charge in [-0.25, -0.2) is 9.69 Å². The van der Waals surface area contributed by atoms with Gasteiger partial charge >= 0.3 is 5.97 Å². The van der Waals surface area contributed by atoms with Crippen LogP contribution < -0.4 is 9.64 Å². The maximum absolute atomic E-state index is 13.0. The summed E-state index contributed by atoms with van der Waals surface area (Å²) in [5.74, 6) is -0.245. The number of hydrogen-bond acceptors (Lipinski definition) is 4. The molecule has 2 amide bonds. The number of fused-ring (bicyclic) bond motifs is 5. The third-order valence-electron chi connectivity index (χ3n) is 6.31. The summed E-state index contributed by atoms with van der Waals surface area (Å²) < 4.78 is 5.43. The minimum Gasteiger partial charge on any atom is -0.423 e. The maximum atomic E-state index is 13.0. The molecule has 0 N–H and O–H groups in total. The minimum absolute atomic E-state index is 0.114. The summed E-state index contributed by atoms with van der Waals surface area (Å²) in [5.41, 5.74) is 0.710. The van der Waals surface area contributed by atoms with Crippen molar-refractivity contribution in [3.63, 3.8) is 0 Å². The number of halogens is 1.